The first kappa shape index (κ1) is 14.7. The summed E-state index contributed by atoms with van der Waals surface area (Å²) in [6.07, 6.45) is 1.26. The molecule has 17 heavy (non-hydrogen) atoms. The number of thioether (sulfide) groups is 1. The van der Waals surface area contributed by atoms with E-state index in [0.29, 0.717) is 6.04 Å². The van der Waals surface area contributed by atoms with Crippen LogP contribution in [0.4, 0.5) is 0 Å². The molecule has 1 atom stereocenters. The molecule has 1 N–H and O–H groups in total. The molecule has 1 aromatic rings. The van der Waals surface area contributed by atoms with Crippen LogP contribution in [-0.4, -0.2) is 11.8 Å². The Hall–Kier alpha value is -0.410. The van der Waals surface area contributed by atoms with E-state index < -0.39 is 0 Å². The highest BCUT2D eigenvalue weighted by Crippen LogP contribution is 2.18. The van der Waals surface area contributed by atoms with Crippen LogP contribution in [0.25, 0.3) is 0 Å². The second-order valence-corrected chi connectivity index (χ2v) is 5.96. The molecule has 3 heteroatoms. The lowest BCUT2D eigenvalue weighted by molar-refractivity contribution is 0.445. The average Bonchev–Trinajstić information content (AvgIpc) is 2.74. The Morgan fingerprint density at radius 1 is 1.24 bits per heavy atom. The Bertz CT molecular complexity index is 309. The molecule has 0 radical (unpaired) electrons. The predicted molar refractivity (Wildman–Crippen MR) is 76.3 cm³/mol. The van der Waals surface area contributed by atoms with E-state index in [2.05, 4.69) is 45.1 Å². The molecule has 0 fully saturated rings. The lowest BCUT2D eigenvalue weighted by Gasteiger charge is -2.06. The predicted octanol–water partition coefficient (Wildman–Crippen LogP) is 4.06. The van der Waals surface area contributed by atoms with Gasteiger partial charge < -0.3 is 9.73 Å². The summed E-state index contributed by atoms with van der Waals surface area (Å²) in [7, 11) is 0. The van der Waals surface area contributed by atoms with Crippen molar-refractivity contribution >= 4 is 11.8 Å². The van der Waals surface area contributed by atoms with Gasteiger partial charge in [0.25, 0.3) is 0 Å². The molecular formula is C14H25NOS. The van der Waals surface area contributed by atoms with Gasteiger partial charge in [-0.2, -0.15) is 11.8 Å². The van der Waals surface area contributed by atoms with Crippen molar-refractivity contribution < 1.29 is 4.42 Å². The summed E-state index contributed by atoms with van der Waals surface area (Å²) in [5.74, 6) is 5.15. The molecule has 2 nitrogen and oxygen atoms in total. The fraction of sp³-hybridized carbons (Fsp3) is 0.714. The first-order valence-corrected chi connectivity index (χ1v) is 7.66. The molecule has 0 aliphatic heterocycles. The Morgan fingerprint density at radius 2 is 1.94 bits per heavy atom. The minimum absolute atomic E-state index is 0.503. The van der Waals surface area contributed by atoms with Gasteiger partial charge in [-0.05, 0) is 23.8 Å². The van der Waals surface area contributed by atoms with Crippen molar-refractivity contribution in [2.75, 3.05) is 5.75 Å². The fourth-order valence-electron chi connectivity index (χ4n) is 1.38. The van der Waals surface area contributed by atoms with Gasteiger partial charge in [0.1, 0.15) is 11.5 Å². The van der Waals surface area contributed by atoms with E-state index in [1.807, 2.05) is 11.8 Å². The first-order valence-electron chi connectivity index (χ1n) is 6.50. The molecule has 1 heterocycles. The number of nitrogens with one attached hydrogen (secondary N) is 1. The normalized spacial score (nSPS) is 13.2. The fourth-order valence-corrected chi connectivity index (χ4v) is 2.49. The molecule has 1 aromatic heterocycles. The maximum atomic E-state index is 5.77. The summed E-state index contributed by atoms with van der Waals surface area (Å²) in [6.45, 7) is 9.66. The van der Waals surface area contributed by atoms with Crippen molar-refractivity contribution in [3.63, 3.8) is 0 Å². The van der Waals surface area contributed by atoms with Crippen molar-refractivity contribution in [2.24, 2.45) is 5.92 Å². The van der Waals surface area contributed by atoms with Crippen LogP contribution < -0.4 is 5.32 Å². The molecule has 0 saturated carbocycles. The SMILES string of the molecule is CCC(C)CSCc1ccc(CNC(C)C)o1. The van der Waals surface area contributed by atoms with Gasteiger partial charge in [-0.25, -0.2) is 0 Å². The Balaban J connectivity index is 2.25. The highest BCUT2D eigenvalue weighted by Gasteiger charge is 2.04. The number of rotatable bonds is 8. The lowest BCUT2D eigenvalue weighted by atomic mass is 10.2. The molecule has 1 unspecified atom stereocenters. The maximum absolute atomic E-state index is 5.77. The minimum Gasteiger partial charge on any atom is -0.464 e. The molecule has 98 valence electrons. The van der Waals surface area contributed by atoms with E-state index in [1.54, 1.807) is 0 Å². The molecule has 0 spiro atoms. The third kappa shape index (κ3) is 6.18. The second kappa shape index (κ2) is 7.83. The van der Waals surface area contributed by atoms with Crippen molar-refractivity contribution in [1.82, 2.24) is 5.32 Å². The largest absolute Gasteiger partial charge is 0.464 e. The smallest absolute Gasteiger partial charge is 0.118 e. The van der Waals surface area contributed by atoms with Crippen LogP contribution in [0.2, 0.25) is 0 Å². The summed E-state index contributed by atoms with van der Waals surface area (Å²) >= 11 is 1.96. The van der Waals surface area contributed by atoms with Gasteiger partial charge in [-0.3, -0.25) is 0 Å². The van der Waals surface area contributed by atoms with Crippen LogP contribution in [-0.2, 0) is 12.3 Å². The zero-order valence-corrected chi connectivity index (χ0v) is 12.3. The average molecular weight is 255 g/mol. The lowest BCUT2D eigenvalue weighted by Crippen LogP contribution is -2.21. The van der Waals surface area contributed by atoms with Crippen molar-refractivity contribution in [2.45, 2.75) is 52.5 Å². The van der Waals surface area contributed by atoms with E-state index in [0.717, 1.165) is 29.7 Å². The first-order chi connectivity index (χ1) is 8.11. The summed E-state index contributed by atoms with van der Waals surface area (Å²) in [5, 5.41) is 3.36. The molecule has 1 rings (SSSR count). The second-order valence-electron chi connectivity index (χ2n) is 4.93. The van der Waals surface area contributed by atoms with Crippen molar-refractivity contribution in [3.8, 4) is 0 Å². The van der Waals surface area contributed by atoms with Gasteiger partial charge in [0.2, 0.25) is 0 Å². The van der Waals surface area contributed by atoms with Crippen LogP contribution in [0.1, 0.15) is 45.6 Å². The van der Waals surface area contributed by atoms with Gasteiger partial charge in [-0.15, -0.1) is 0 Å². The minimum atomic E-state index is 0.503. The van der Waals surface area contributed by atoms with Crippen molar-refractivity contribution in [1.29, 1.82) is 0 Å². The molecule has 0 aliphatic carbocycles. The molecular weight excluding hydrogens is 230 g/mol. The van der Waals surface area contributed by atoms with Crippen LogP contribution in [0.15, 0.2) is 16.5 Å². The Morgan fingerprint density at radius 3 is 2.59 bits per heavy atom. The topological polar surface area (TPSA) is 25.2 Å². The highest BCUT2D eigenvalue weighted by atomic mass is 32.2. The van der Waals surface area contributed by atoms with Crippen LogP contribution in [0.5, 0.6) is 0 Å². The standard InChI is InChI=1S/C14H25NOS/c1-5-12(4)9-17-10-14-7-6-13(16-14)8-15-11(2)3/h6-7,11-12,15H,5,8-10H2,1-4H3. The quantitative estimate of drug-likeness (QED) is 0.758. The van der Waals surface area contributed by atoms with Crippen LogP contribution in [0.3, 0.4) is 0 Å². The van der Waals surface area contributed by atoms with Crippen LogP contribution >= 0.6 is 11.8 Å². The van der Waals surface area contributed by atoms with E-state index >= 15 is 0 Å². The summed E-state index contributed by atoms with van der Waals surface area (Å²) in [4.78, 5) is 0. The number of hydrogen-bond donors (Lipinski definition) is 1. The van der Waals surface area contributed by atoms with Gasteiger partial charge in [0, 0.05) is 6.04 Å². The third-order valence-corrected chi connectivity index (χ3v) is 4.04. The summed E-state index contributed by atoms with van der Waals surface area (Å²) < 4.78 is 5.77. The highest BCUT2D eigenvalue weighted by molar-refractivity contribution is 7.98. The van der Waals surface area contributed by atoms with E-state index in [9.17, 15) is 0 Å². The zero-order valence-electron chi connectivity index (χ0n) is 11.5. The molecule has 0 saturated heterocycles. The van der Waals surface area contributed by atoms with E-state index in [-0.39, 0.29) is 0 Å². The monoisotopic (exact) mass is 255 g/mol. The molecule has 0 bridgehead atoms. The Kier molecular flexibility index (Phi) is 6.75. The summed E-state index contributed by atoms with van der Waals surface area (Å²) in [5.41, 5.74) is 0. The number of hydrogen-bond acceptors (Lipinski definition) is 3. The number of furan rings is 1. The Labute approximate surface area is 110 Å². The van der Waals surface area contributed by atoms with Gasteiger partial charge >= 0.3 is 0 Å². The van der Waals surface area contributed by atoms with Gasteiger partial charge in [0.15, 0.2) is 0 Å². The molecule has 0 aromatic carbocycles. The zero-order chi connectivity index (χ0) is 12.7. The third-order valence-electron chi connectivity index (χ3n) is 2.75. The van der Waals surface area contributed by atoms with Gasteiger partial charge in [-0.1, -0.05) is 34.1 Å². The molecule has 0 aliphatic rings. The van der Waals surface area contributed by atoms with E-state index in [4.69, 9.17) is 4.42 Å². The summed E-state index contributed by atoms with van der Waals surface area (Å²) in [6, 6.07) is 4.68. The molecule has 0 amide bonds. The van der Waals surface area contributed by atoms with Crippen LogP contribution in [0, 0.1) is 5.92 Å². The van der Waals surface area contributed by atoms with E-state index in [1.165, 1.54) is 12.2 Å². The van der Waals surface area contributed by atoms with Crippen molar-refractivity contribution in [3.05, 3.63) is 23.7 Å². The van der Waals surface area contributed by atoms with Gasteiger partial charge in [0.05, 0.1) is 12.3 Å². The maximum Gasteiger partial charge on any atom is 0.118 e.